The van der Waals surface area contributed by atoms with Crippen LogP contribution in [0.4, 0.5) is 4.79 Å². The highest BCUT2D eigenvalue weighted by Crippen LogP contribution is 2.32. The maximum Gasteiger partial charge on any atom is 0.407 e. The number of carbonyl (C=O) groups excluding carboxylic acids is 1. The van der Waals surface area contributed by atoms with Gasteiger partial charge in [-0.15, -0.1) is 24.0 Å². The van der Waals surface area contributed by atoms with Crippen molar-refractivity contribution >= 4 is 46.9 Å². The average Bonchev–Trinajstić information content (AvgIpc) is 3.46. The first-order valence-corrected chi connectivity index (χ1v) is 10.2. The smallest absolute Gasteiger partial charge is 0.407 e. The van der Waals surface area contributed by atoms with E-state index in [9.17, 15) is 4.79 Å². The van der Waals surface area contributed by atoms with Gasteiger partial charge in [-0.1, -0.05) is 18.2 Å². The highest BCUT2D eigenvalue weighted by Gasteiger charge is 2.32. The minimum atomic E-state index is -0.355. The molecule has 0 aliphatic heterocycles. The summed E-state index contributed by atoms with van der Waals surface area (Å²) in [5, 5.41) is 10.9. The Labute approximate surface area is 189 Å². The maximum absolute atomic E-state index is 11.8. The number of fused-ring (bicyclic) bond motifs is 1. The molecule has 1 aliphatic rings. The van der Waals surface area contributed by atoms with Crippen molar-refractivity contribution in [2.24, 2.45) is 10.9 Å². The molecule has 1 heterocycles. The summed E-state index contributed by atoms with van der Waals surface area (Å²) in [7, 11) is 0. The number of aromatic nitrogens is 1. The fourth-order valence-corrected chi connectivity index (χ4v) is 3.32. The van der Waals surface area contributed by atoms with Crippen LogP contribution < -0.4 is 16.0 Å². The van der Waals surface area contributed by atoms with E-state index < -0.39 is 0 Å². The predicted molar refractivity (Wildman–Crippen MR) is 128 cm³/mol. The first-order chi connectivity index (χ1) is 13.7. The van der Waals surface area contributed by atoms with Crippen LogP contribution in [0.2, 0.25) is 0 Å². The molecule has 0 bridgehead atoms. The van der Waals surface area contributed by atoms with E-state index in [4.69, 9.17) is 4.74 Å². The monoisotopic (exact) mass is 513 g/mol. The first kappa shape index (κ1) is 23.3. The van der Waals surface area contributed by atoms with E-state index in [0.29, 0.717) is 19.1 Å². The Morgan fingerprint density at radius 3 is 2.79 bits per heavy atom. The van der Waals surface area contributed by atoms with Gasteiger partial charge in [-0.05, 0) is 50.7 Å². The number of nitrogens with one attached hydrogen (secondary N) is 4. The summed E-state index contributed by atoms with van der Waals surface area (Å²) in [6.07, 6.45) is 4.89. The molecule has 0 radical (unpaired) electrons. The molecular formula is C21H32IN5O2. The summed E-state index contributed by atoms with van der Waals surface area (Å²) < 4.78 is 5.01. The van der Waals surface area contributed by atoms with Crippen LogP contribution in [0, 0.1) is 5.92 Å². The van der Waals surface area contributed by atoms with Gasteiger partial charge in [0.05, 0.1) is 19.2 Å². The zero-order valence-corrected chi connectivity index (χ0v) is 19.5. The number of H-pyrrole nitrogens is 1. The second-order valence-corrected chi connectivity index (χ2v) is 7.06. The molecule has 1 unspecified atom stereocenters. The number of aliphatic imine (C=N–C) groups is 1. The molecule has 29 heavy (non-hydrogen) atoms. The van der Waals surface area contributed by atoms with Crippen molar-refractivity contribution in [1.82, 2.24) is 20.9 Å². The van der Waals surface area contributed by atoms with Crippen LogP contribution >= 0.6 is 24.0 Å². The predicted octanol–water partition coefficient (Wildman–Crippen LogP) is 3.41. The second kappa shape index (κ2) is 11.9. The van der Waals surface area contributed by atoms with E-state index in [2.05, 4.69) is 50.3 Å². The molecule has 1 aromatic carbocycles. The lowest BCUT2D eigenvalue weighted by Gasteiger charge is -2.17. The number of guanidine groups is 1. The van der Waals surface area contributed by atoms with E-state index in [-0.39, 0.29) is 36.1 Å². The zero-order chi connectivity index (χ0) is 19.8. The van der Waals surface area contributed by atoms with Crippen LogP contribution in [0.3, 0.4) is 0 Å². The molecule has 1 fully saturated rings. The SMILES string of the molecule is CCNC(=NCC(NC(=O)OCC)C1CC1)NCCc1c[nH]c2ccccc12.I. The number of ether oxygens (including phenoxy) is 1. The standard InChI is InChI=1S/C21H31N5O2.HI/c1-3-22-20(25-14-19(15-9-10-15)26-21(27)28-4-2)23-12-11-16-13-24-18-8-6-5-7-17(16)18;/h5-8,13,15,19,24H,3-4,9-12,14H2,1-2H3,(H,26,27)(H2,22,23,25);1H. The van der Waals surface area contributed by atoms with Crippen molar-refractivity contribution < 1.29 is 9.53 Å². The van der Waals surface area contributed by atoms with Crippen molar-refractivity contribution in [3.8, 4) is 0 Å². The Morgan fingerprint density at radius 2 is 2.07 bits per heavy atom. The summed E-state index contributed by atoms with van der Waals surface area (Å²) in [5.41, 5.74) is 2.45. The minimum absolute atomic E-state index is 0. The number of hydrogen-bond donors (Lipinski definition) is 4. The Kier molecular flexibility index (Phi) is 9.56. The van der Waals surface area contributed by atoms with Crippen LogP contribution in [0.15, 0.2) is 35.5 Å². The number of carbonyl (C=O) groups is 1. The molecule has 0 spiro atoms. The number of alkyl carbamates (subject to hydrolysis) is 1. The zero-order valence-electron chi connectivity index (χ0n) is 17.2. The molecular weight excluding hydrogens is 481 g/mol. The third-order valence-electron chi connectivity index (χ3n) is 4.92. The topological polar surface area (TPSA) is 90.5 Å². The molecule has 4 N–H and O–H groups in total. The van der Waals surface area contributed by atoms with Gasteiger partial charge in [0.15, 0.2) is 5.96 Å². The Morgan fingerprint density at radius 1 is 1.28 bits per heavy atom. The quantitative estimate of drug-likeness (QED) is 0.235. The third kappa shape index (κ3) is 7.09. The number of aromatic amines is 1. The van der Waals surface area contributed by atoms with Crippen molar-refractivity contribution in [3.05, 3.63) is 36.0 Å². The van der Waals surface area contributed by atoms with E-state index in [0.717, 1.165) is 43.8 Å². The van der Waals surface area contributed by atoms with E-state index >= 15 is 0 Å². The fourth-order valence-electron chi connectivity index (χ4n) is 3.32. The molecule has 1 atom stereocenters. The minimum Gasteiger partial charge on any atom is -0.450 e. The number of rotatable bonds is 9. The van der Waals surface area contributed by atoms with Crippen LogP contribution in [-0.2, 0) is 11.2 Å². The number of para-hydroxylation sites is 1. The van der Waals surface area contributed by atoms with E-state index in [1.54, 1.807) is 0 Å². The van der Waals surface area contributed by atoms with Crippen molar-refractivity contribution in [1.29, 1.82) is 0 Å². The lowest BCUT2D eigenvalue weighted by molar-refractivity contribution is 0.147. The van der Waals surface area contributed by atoms with Crippen LogP contribution in [0.5, 0.6) is 0 Å². The van der Waals surface area contributed by atoms with Gasteiger partial charge in [0, 0.05) is 30.2 Å². The third-order valence-corrected chi connectivity index (χ3v) is 4.92. The molecule has 160 valence electrons. The molecule has 2 aromatic rings. The second-order valence-electron chi connectivity index (χ2n) is 7.06. The van der Waals surface area contributed by atoms with Gasteiger partial charge in [0.25, 0.3) is 0 Å². The van der Waals surface area contributed by atoms with Gasteiger partial charge < -0.3 is 25.7 Å². The molecule has 1 amide bonds. The normalized spacial score (nSPS) is 14.8. The van der Waals surface area contributed by atoms with Gasteiger partial charge in [0.2, 0.25) is 0 Å². The van der Waals surface area contributed by atoms with E-state index in [1.165, 1.54) is 10.9 Å². The molecule has 1 aromatic heterocycles. The van der Waals surface area contributed by atoms with Crippen LogP contribution in [0.25, 0.3) is 10.9 Å². The van der Waals surface area contributed by atoms with Crippen LogP contribution in [-0.4, -0.2) is 49.3 Å². The Bertz CT molecular complexity index is 803. The maximum atomic E-state index is 11.8. The molecule has 0 saturated heterocycles. The average molecular weight is 513 g/mol. The fraction of sp³-hybridized carbons (Fsp3) is 0.524. The van der Waals surface area contributed by atoms with Crippen molar-refractivity contribution in [2.75, 3.05) is 26.2 Å². The Hall–Kier alpha value is -1.97. The largest absolute Gasteiger partial charge is 0.450 e. The van der Waals surface area contributed by atoms with Crippen molar-refractivity contribution in [3.63, 3.8) is 0 Å². The van der Waals surface area contributed by atoms with Gasteiger partial charge in [-0.3, -0.25) is 4.99 Å². The molecule has 7 nitrogen and oxygen atoms in total. The molecule has 1 saturated carbocycles. The summed E-state index contributed by atoms with van der Waals surface area (Å²) in [5.74, 6) is 1.28. The summed E-state index contributed by atoms with van der Waals surface area (Å²) in [6.45, 7) is 6.36. The number of amides is 1. The molecule has 1 aliphatic carbocycles. The highest BCUT2D eigenvalue weighted by molar-refractivity contribution is 14.0. The molecule has 8 heteroatoms. The lowest BCUT2D eigenvalue weighted by atomic mass is 10.1. The number of hydrogen-bond acceptors (Lipinski definition) is 3. The Balaban J connectivity index is 0.00000300. The summed E-state index contributed by atoms with van der Waals surface area (Å²) >= 11 is 0. The van der Waals surface area contributed by atoms with Crippen molar-refractivity contribution in [2.45, 2.75) is 39.2 Å². The van der Waals surface area contributed by atoms with Gasteiger partial charge in [0.1, 0.15) is 0 Å². The number of halogens is 1. The van der Waals surface area contributed by atoms with E-state index in [1.807, 2.05) is 19.9 Å². The summed E-state index contributed by atoms with van der Waals surface area (Å²) in [6, 6.07) is 8.36. The van der Waals surface area contributed by atoms with Gasteiger partial charge in [-0.2, -0.15) is 0 Å². The summed E-state index contributed by atoms with van der Waals surface area (Å²) in [4.78, 5) is 19.8. The van der Waals surface area contributed by atoms with Crippen LogP contribution in [0.1, 0.15) is 32.3 Å². The number of benzene rings is 1. The lowest BCUT2D eigenvalue weighted by Crippen LogP contribution is -2.42. The number of nitrogens with zero attached hydrogens (tertiary/aromatic N) is 1. The highest BCUT2D eigenvalue weighted by atomic mass is 127. The molecule has 3 rings (SSSR count). The first-order valence-electron chi connectivity index (χ1n) is 10.2. The van der Waals surface area contributed by atoms with Gasteiger partial charge in [-0.25, -0.2) is 4.79 Å². The van der Waals surface area contributed by atoms with Gasteiger partial charge >= 0.3 is 6.09 Å².